The fourth-order valence-electron chi connectivity index (χ4n) is 0.677. The maximum Gasteiger partial charge on any atom is 0.329 e. The molecule has 0 aliphatic carbocycles. The van der Waals surface area contributed by atoms with Gasteiger partial charge in [-0.25, -0.2) is 28.8 Å². The molecule has 0 spiro atoms. The van der Waals surface area contributed by atoms with Gasteiger partial charge in [-0.3, -0.25) is 0 Å². The third-order valence-corrected chi connectivity index (χ3v) is 1.35. The third kappa shape index (κ3) is 58.4. The van der Waals surface area contributed by atoms with E-state index in [1.165, 1.54) is 0 Å². The van der Waals surface area contributed by atoms with Crippen molar-refractivity contribution in [3.8, 4) is 0 Å². The second-order valence-corrected chi connectivity index (χ2v) is 3.84. The Labute approximate surface area is 226 Å². The van der Waals surface area contributed by atoms with Crippen molar-refractivity contribution in [3.05, 3.63) is 0 Å². The fraction of sp³-hybridized carbons (Fsp3) is 0.500. The van der Waals surface area contributed by atoms with Gasteiger partial charge in [0.1, 0.15) is 39.6 Å². The Hall–Kier alpha value is -0.651. The van der Waals surface area contributed by atoms with Crippen LogP contribution < -0.4 is 0 Å². The average molecular weight is 717 g/mol. The van der Waals surface area contributed by atoms with Gasteiger partial charge in [0.15, 0.2) is 0 Å². The van der Waals surface area contributed by atoms with E-state index in [1.54, 1.807) is 0 Å². The van der Waals surface area contributed by atoms with Crippen molar-refractivity contribution in [2.75, 3.05) is 39.6 Å². The Balaban J connectivity index is -0.0000000960. The quantitative estimate of drug-likeness (QED) is 0.122. The largest absolute Gasteiger partial charge is 0.480 e. The van der Waals surface area contributed by atoms with Crippen LogP contribution in [0.1, 0.15) is 0 Å². The van der Waals surface area contributed by atoms with E-state index in [9.17, 15) is 28.8 Å². The van der Waals surface area contributed by atoms with Crippen LogP contribution in [-0.4, -0.2) is 106 Å². The number of hydrogen-bond donors (Lipinski definition) is 6. The molecule has 172 valence electrons. The van der Waals surface area contributed by atoms with Crippen LogP contribution in [-0.2, 0) is 43.0 Å². The maximum absolute atomic E-state index is 9.66. The second kappa shape index (κ2) is 27.3. The number of hydrogen-bond acceptors (Lipinski definition) is 9. The van der Waals surface area contributed by atoms with Crippen LogP contribution in [0, 0.1) is 79.9 Å². The number of carboxylic acid groups (broad SMARTS) is 6. The van der Waals surface area contributed by atoms with Gasteiger partial charge in [-0.2, -0.15) is 0 Å². The van der Waals surface area contributed by atoms with E-state index in [4.69, 9.17) is 30.6 Å². The number of ether oxygens (including phenoxy) is 3. The number of aliphatic carboxylic acids is 6. The van der Waals surface area contributed by atoms with Crippen molar-refractivity contribution < 1.29 is 153 Å². The molecule has 0 radical (unpaired) electrons. The molecule has 0 heterocycles. The van der Waals surface area contributed by atoms with Gasteiger partial charge in [-0.1, -0.05) is 0 Å². The Morgan fingerprint density at radius 1 is 0.379 bits per heavy atom. The summed E-state index contributed by atoms with van der Waals surface area (Å²) >= 11 is 0. The van der Waals surface area contributed by atoms with Gasteiger partial charge in [0.2, 0.25) is 0 Å². The first-order valence-corrected chi connectivity index (χ1v) is 6.42. The fourth-order valence-corrected chi connectivity index (χ4v) is 0.677. The van der Waals surface area contributed by atoms with Gasteiger partial charge in [0.25, 0.3) is 0 Å². The predicted octanol–water partition coefficient (Wildman–Crippen LogP) is -2.48. The first-order chi connectivity index (χ1) is 12.4. The minimum absolute atomic E-state index is 0. The normalized spacial score (nSPS) is 8.28. The van der Waals surface area contributed by atoms with E-state index in [1.807, 2.05) is 0 Å². The van der Waals surface area contributed by atoms with Gasteiger partial charge in [-0.15, -0.1) is 0 Å². The second-order valence-electron chi connectivity index (χ2n) is 3.84. The molecule has 0 atom stereocenters. The maximum atomic E-state index is 9.66. The summed E-state index contributed by atoms with van der Waals surface area (Å²) in [5.41, 5.74) is 0. The van der Waals surface area contributed by atoms with Crippen LogP contribution in [0.3, 0.4) is 0 Å². The zero-order valence-corrected chi connectivity index (χ0v) is 18.8. The molecule has 15 nitrogen and oxygen atoms in total. The summed E-state index contributed by atoms with van der Waals surface area (Å²) < 4.78 is 12.5. The molecular formula is C12H18Gd2O15. The van der Waals surface area contributed by atoms with Gasteiger partial charge in [0, 0.05) is 79.9 Å². The molecule has 0 rings (SSSR count). The van der Waals surface area contributed by atoms with Crippen LogP contribution in [0.15, 0.2) is 0 Å². The van der Waals surface area contributed by atoms with Crippen molar-refractivity contribution >= 4 is 35.8 Å². The molecule has 0 aromatic rings. The zero-order valence-electron chi connectivity index (χ0n) is 14.3. The van der Waals surface area contributed by atoms with Crippen LogP contribution >= 0.6 is 0 Å². The van der Waals surface area contributed by atoms with Crippen LogP contribution in [0.4, 0.5) is 0 Å². The minimum atomic E-state index is -1.17. The van der Waals surface area contributed by atoms with E-state index >= 15 is 0 Å². The standard InChI is InChI=1S/3C4H6O5.2Gd/c3*5-3(6)1-9-2-4(7)8;;/h3*1-2H2,(H,5,6)(H,7,8);;. The minimum Gasteiger partial charge on any atom is -0.480 e. The van der Waals surface area contributed by atoms with Crippen molar-refractivity contribution in [1.29, 1.82) is 0 Å². The molecule has 0 aliphatic heterocycles. The monoisotopic (exact) mass is 718 g/mol. The van der Waals surface area contributed by atoms with Crippen molar-refractivity contribution in [3.63, 3.8) is 0 Å². The van der Waals surface area contributed by atoms with E-state index in [0.29, 0.717) is 0 Å². The molecule has 0 bridgehead atoms. The molecule has 6 N–H and O–H groups in total. The molecule has 29 heavy (non-hydrogen) atoms. The molecule has 0 unspecified atom stereocenters. The van der Waals surface area contributed by atoms with Gasteiger partial charge in [0.05, 0.1) is 0 Å². The summed E-state index contributed by atoms with van der Waals surface area (Å²) in [6, 6.07) is 0. The summed E-state index contributed by atoms with van der Waals surface area (Å²) in [6.45, 7) is -3.38. The summed E-state index contributed by atoms with van der Waals surface area (Å²) in [4.78, 5) is 58.0. The van der Waals surface area contributed by atoms with Gasteiger partial charge < -0.3 is 44.8 Å². The topological polar surface area (TPSA) is 251 Å². The Kier molecular flexibility index (Phi) is 36.7. The summed E-state index contributed by atoms with van der Waals surface area (Å²) in [5, 5.41) is 47.5. The van der Waals surface area contributed by atoms with E-state index < -0.39 is 75.5 Å². The SMILES string of the molecule is O=C(O)COCC(=O)O.O=C(O)COCC(=O)O.O=C(O)COCC(=O)O.[Gd].[Gd]. The van der Waals surface area contributed by atoms with Crippen molar-refractivity contribution in [2.24, 2.45) is 0 Å². The molecule has 0 amide bonds. The molecule has 0 fully saturated rings. The molecule has 0 aliphatic rings. The van der Waals surface area contributed by atoms with Gasteiger partial charge in [-0.05, 0) is 0 Å². The van der Waals surface area contributed by atoms with Crippen LogP contribution in [0.2, 0.25) is 0 Å². The summed E-state index contributed by atoms with van der Waals surface area (Å²) in [7, 11) is 0. The third-order valence-electron chi connectivity index (χ3n) is 1.35. The number of carboxylic acids is 6. The Bertz CT molecular complexity index is 394. The van der Waals surface area contributed by atoms with Crippen molar-refractivity contribution in [2.45, 2.75) is 0 Å². The predicted molar refractivity (Wildman–Crippen MR) is 78.3 cm³/mol. The summed E-state index contributed by atoms with van der Waals surface area (Å²) in [6.07, 6.45) is 0. The molecule has 0 aromatic heterocycles. The average Bonchev–Trinajstić information content (AvgIpc) is 2.46. The van der Waals surface area contributed by atoms with E-state index in [0.717, 1.165) is 0 Å². The van der Waals surface area contributed by atoms with E-state index in [-0.39, 0.29) is 79.9 Å². The van der Waals surface area contributed by atoms with Crippen LogP contribution in [0.25, 0.3) is 0 Å². The first kappa shape index (κ1) is 38.9. The smallest absolute Gasteiger partial charge is 0.329 e. The summed E-state index contributed by atoms with van der Waals surface area (Å²) in [5.74, 6) is -7.02. The molecule has 0 aromatic carbocycles. The number of carbonyl (C=O) groups is 6. The molecular weight excluding hydrogens is 699 g/mol. The van der Waals surface area contributed by atoms with Crippen LogP contribution in [0.5, 0.6) is 0 Å². The molecule has 0 saturated carbocycles. The Morgan fingerprint density at radius 3 is 0.552 bits per heavy atom. The zero-order chi connectivity index (χ0) is 21.8. The first-order valence-electron chi connectivity index (χ1n) is 6.42. The van der Waals surface area contributed by atoms with Gasteiger partial charge >= 0.3 is 35.8 Å². The van der Waals surface area contributed by atoms with E-state index in [2.05, 4.69) is 14.2 Å². The Morgan fingerprint density at radius 2 is 0.483 bits per heavy atom. The molecule has 0 saturated heterocycles. The molecule has 17 heteroatoms. The number of rotatable bonds is 12. The van der Waals surface area contributed by atoms with Crippen molar-refractivity contribution in [1.82, 2.24) is 0 Å².